The van der Waals surface area contributed by atoms with Gasteiger partial charge in [0.1, 0.15) is 0 Å². The summed E-state index contributed by atoms with van der Waals surface area (Å²) in [7, 11) is 0. The van der Waals surface area contributed by atoms with Crippen LogP contribution in [0.2, 0.25) is 0 Å². The van der Waals surface area contributed by atoms with Gasteiger partial charge in [-0.1, -0.05) is 117 Å². The SMILES string of the molecule is CCCCCCCCCCCC1=Nn2c(CCCCCCCCCCC)ccc2CC1. The number of hydrogen-bond acceptors (Lipinski definition) is 1. The number of fused-ring (bicyclic) bond motifs is 1. The Hall–Kier alpha value is -1.05. The zero-order chi connectivity index (χ0) is 22.0. The van der Waals surface area contributed by atoms with E-state index in [1.807, 2.05) is 0 Å². The Morgan fingerprint density at radius 3 is 1.61 bits per heavy atom. The van der Waals surface area contributed by atoms with Gasteiger partial charge in [0.05, 0.1) is 0 Å². The first-order valence-corrected chi connectivity index (χ1v) is 14.1. The van der Waals surface area contributed by atoms with Crippen molar-refractivity contribution in [3.05, 3.63) is 23.5 Å². The topological polar surface area (TPSA) is 17.3 Å². The van der Waals surface area contributed by atoms with Gasteiger partial charge in [-0.05, 0) is 50.7 Å². The van der Waals surface area contributed by atoms with Gasteiger partial charge >= 0.3 is 0 Å². The highest BCUT2D eigenvalue weighted by Crippen LogP contribution is 2.21. The van der Waals surface area contributed by atoms with Crippen molar-refractivity contribution in [1.29, 1.82) is 0 Å². The third kappa shape index (κ3) is 11.4. The van der Waals surface area contributed by atoms with E-state index in [1.165, 1.54) is 158 Å². The Bertz CT molecular complexity index is 584. The predicted molar refractivity (Wildman–Crippen MR) is 138 cm³/mol. The molecule has 0 bridgehead atoms. The zero-order valence-corrected chi connectivity index (χ0v) is 21.1. The molecule has 1 aromatic rings. The van der Waals surface area contributed by atoms with Gasteiger partial charge in [0.15, 0.2) is 0 Å². The number of rotatable bonds is 20. The lowest BCUT2D eigenvalue weighted by Crippen LogP contribution is -2.14. The molecule has 0 saturated carbocycles. The van der Waals surface area contributed by atoms with E-state index in [1.54, 1.807) is 0 Å². The molecule has 0 N–H and O–H groups in total. The highest BCUT2D eigenvalue weighted by molar-refractivity contribution is 5.85. The van der Waals surface area contributed by atoms with Crippen molar-refractivity contribution >= 4 is 5.71 Å². The third-order valence-electron chi connectivity index (χ3n) is 7.03. The minimum Gasteiger partial charge on any atom is -0.242 e. The Morgan fingerprint density at radius 2 is 1.06 bits per heavy atom. The van der Waals surface area contributed by atoms with Crippen LogP contribution in [0.3, 0.4) is 0 Å². The summed E-state index contributed by atoms with van der Waals surface area (Å²) in [4.78, 5) is 0. The maximum absolute atomic E-state index is 5.06. The Labute approximate surface area is 194 Å². The molecule has 1 aliphatic rings. The van der Waals surface area contributed by atoms with Crippen LogP contribution in [-0.2, 0) is 12.8 Å². The second-order valence-corrected chi connectivity index (χ2v) is 9.95. The van der Waals surface area contributed by atoms with Gasteiger partial charge in [0.2, 0.25) is 0 Å². The van der Waals surface area contributed by atoms with E-state index in [9.17, 15) is 0 Å². The molecule has 0 unspecified atom stereocenters. The fourth-order valence-electron chi connectivity index (χ4n) is 4.92. The second kappa shape index (κ2) is 17.5. The summed E-state index contributed by atoms with van der Waals surface area (Å²) in [6, 6.07) is 4.66. The van der Waals surface area contributed by atoms with Crippen molar-refractivity contribution in [2.45, 2.75) is 155 Å². The molecule has 0 radical (unpaired) electrons. The van der Waals surface area contributed by atoms with Crippen LogP contribution in [0.15, 0.2) is 17.2 Å². The van der Waals surface area contributed by atoms with Crippen molar-refractivity contribution < 1.29 is 0 Å². The van der Waals surface area contributed by atoms with Crippen LogP contribution < -0.4 is 0 Å². The molecular formula is C29H52N2. The largest absolute Gasteiger partial charge is 0.242 e. The number of aromatic nitrogens is 1. The molecule has 2 rings (SSSR count). The first-order chi connectivity index (χ1) is 15.3. The molecule has 0 spiro atoms. The van der Waals surface area contributed by atoms with Crippen LogP contribution in [-0.4, -0.2) is 10.4 Å². The van der Waals surface area contributed by atoms with Crippen LogP contribution >= 0.6 is 0 Å². The minimum atomic E-state index is 1.18. The van der Waals surface area contributed by atoms with E-state index < -0.39 is 0 Å². The van der Waals surface area contributed by atoms with E-state index >= 15 is 0 Å². The van der Waals surface area contributed by atoms with Crippen LogP contribution in [0.5, 0.6) is 0 Å². The fraction of sp³-hybridized carbons (Fsp3) is 0.828. The van der Waals surface area contributed by atoms with Crippen molar-refractivity contribution in [3.8, 4) is 0 Å². The maximum atomic E-state index is 5.06. The fourth-order valence-corrected chi connectivity index (χ4v) is 4.92. The molecule has 0 atom stereocenters. The highest BCUT2D eigenvalue weighted by Gasteiger charge is 2.14. The van der Waals surface area contributed by atoms with Gasteiger partial charge in [0.25, 0.3) is 0 Å². The molecule has 2 nitrogen and oxygen atoms in total. The molecule has 0 aliphatic carbocycles. The molecule has 1 aliphatic heterocycles. The van der Waals surface area contributed by atoms with Gasteiger partial charge < -0.3 is 0 Å². The highest BCUT2D eigenvalue weighted by atomic mass is 15.4. The van der Waals surface area contributed by atoms with Gasteiger partial charge in [-0.2, -0.15) is 5.10 Å². The van der Waals surface area contributed by atoms with Crippen LogP contribution in [0.1, 0.15) is 154 Å². The van der Waals surface area contributed by atoms with E-state index in [-0.39, 0.29) is 0 Å². The lowest BCUT2D eigenvalue weighted by molar-refractivity contribution is 0.559. The average molecular weight is 429 g/mol. The van der Waals surface area contributed by atoms with E-state index in [0.717, 1.165) is 0 Å². The first-order valence-electron chi connectivity index (χ1n) is 14.1. The molecule has 0 fully saturated rings. The molecule has 1 aromatic heterocycles. The average Bonchev–Trinajstić information content (AvgIpc) is 3.19. The van der Waals surface area contributed by atoms with E-state index in [2.05, 4.69) is 30.7 Å². The monoisotopic (exact) mass is 428 g/mol. The van der Waals surface area contributed by atoms with E-state index in [4.69, 9.17) is 5.10 Å². The smallest absolute Gasteiger partial charge is 0.0427 e. The quantitative estimate of drug-likeness (QED) is 0.184. The van der Waals surface area contributed by atoms with Crippen molar-refractivity contribution in [1.82, 2.24) is 4.68 Å². The third-order valence-corrected chi connectivity index (χ3v) is 7.03. The Morgan fingerprint density at radius 1 is 0.581 bits per heavy atom. The van der Waals surface area contributed by atoms with Crippen molar-refractivity contribution in [2.24, 2.45) is 5.10 Å². The minimum absolute atomic E-state index is 1.18. The van der Waals surface area contributed by atoms with Crippen LogP contribution in [0.25, 0.3) is 0 Å². The molecule has 2 heteroatoms. The Kier molecular flexibility index (Phi) is 14.8. The molecule has 2 heterocycles. The second-order valence-electron chi connectivity index (χ2n) is 9.95. The zero-order valence-electron chi connectivity index (χ0n) is 21.1. The summed E-state index contributed by atoms with van der Waals surface area (Å²) in [5, 5.41) is 5.06. The number of aryl methyl sites for hydroxylation is 2. The Balaban J connectivity index is 1.57. The van der Waals surface area contributed by atoms with E-state index in [0.29, 0.717) is 0 Å². The van der Waals surface area contributed by atoms with Gasteiger partial charge in [-0.3, -0.25) is 0 Å². The van der Waals surface area contributed by atoms with Gasteiger partial charge in [0, 0.05) is 17.1 Å². The standard InChI is InChI=1S/C29H52N2/c1-3-5-7-9-11-13-15-17-19-21-27-23-24-29-26-25-28(31(29)30-27)22-20-18-16-14-12-10-8-6-4-2/h25-26H,3-24H2,1-2H3. The summed E-state index contributed by atoms with van der Waals surface area (Å²) in [6.45, 7) is 4.59. The number of nitrogens with zero attached hydrogens (tertiary/aromatic N) is 2. The van der Waals surface area contributed by atoms with Gasteiger partial charge in [-0.25, -0.2) is 4.68 Å². The number of hydrogen-bond donors (Lipinski definition) is 0. The van der Waals surface area contributed by atoms with Crippen molar-refractivity contribution in [2.75, 3.05) is 0 Å². The predicted octanol–water partition coefficient (Wildman–Crippen LogP) is 9.63. The molecule has 31 heavy (non-hydrogen) atoms. The summed E-state index contributed by atoms with van der Waals surface area (Å²) < 4.78 is 2.30. The first kappa shape index (κ1) is 26.2. The summed E-state index contributed by atoms with van der Waals surface area (Å²) in [5.74, 6) is 0. The summed E-state index contributed by atoms with van der Waals surface area (Å²) >= 11 is 0. The summed E-state index contributed by atoms with van der Waals surface area (Å²) in [6.07, 6.45) is 30.1. The maximum Gasteiger partial charge on any atom is 0.0427 e. The van der Waals surface area contributed by atoms with Crippen LogP contribution in [0.4, 0.5) is 0 Å². The van der Waals surface area contributed by atoms with Crippen LogP contribution in [0, 0.1) is 0 Å². The summed E-state index contributed by atoms with van der Waals surface area (Å²) in [5.41, 5.74) is 4.32. The molecule has 178 valence electrons. The number of unbranched alkanes of at least 4 members (excludes halogenated alkanes) is 16. The lowest BCUT2D eigenvalue weighted by atomic mass is 10.0. The van der Waals surface area contributed by atoms with Gasteiger partial charge in [-0.15, -0.1) is 0 Å². The molecule has 0 saturated heterocycles. The van der Waals surface area contributed by atoms with Crippen molar-refractivity contribution in [3.63, 3.8) is 0 Å². The molecule has 0 amide bonds. The lowest BCUT2D eigenvalue weighted by Gasteiger charge is -2.17. The normalized spacial score (nSPS) is 13.4. The molecule has 0 aromatic carbocycles. The molecular weight excluding hydrogens is 376 g/mol.